The number of furan rings is 1. The number of hydrogen-bond donors (Lipinski definition) is 1. The van der Waals surface area contributed by atoms with Crippen LogP contribution in [-0.2, 0) is 20.7 Å². The summed E-state index contributed by atoms with van der Waals surface area (Å²) in [7, 11) is 1.24. The van der Waals surface area contributed by atoms with Crippen molar-refractivity contribution in [3.8, 4) is 0 Å². The lowest BCUT2D eigenvalue weighted by molar-refractivity contribution is -0.171. The van der Waals surface area contributed by atoms with E-state index in [-0.39, 0.29) is 12.3 Å². The van der Waals surface area contributed by atoms with E-state index in [9.17, 15) is 14.7 Å². The van der Waals surface area contributed by atoms with E-state index in [0.29, 0.717) is 5.56 Å². The fourth-order valence-electron chi connectivity index (χ4n) is 3.04. The zero-order valence-corrected chi connectivity index (χ0v) is 10.9. The lowest BCUT2D eigenvalue weighted by atomic mass is 9.70. The molecule has 2 rings (SSSR count). The van der Waals surface area contributed by atoms with Gasteiger partial charge in [-0.05, 0) is 30.4 Å². The van der Waals surface area contributed by atoms with Crippen LogP contribution < -0.4 is 0 Å². The van der Waals surface area contributed by atoms with Gasteiger partial charge >= 0.3 is 11.9 Å². The van der Waals surface area contributed by atoms with Crippen LogP contribution in [0.15, 0.2) is 23.0 Å². The van der Waals surface area contributed by atoms with Crippen LogP contribution in [0.2, 0.25) is 0 Å². The average molecular weight is 266 g/mol. The molecule has 1 aromatic rings. The molecule has 0 aromatic carbocycles. The minimum Gasteiger partial charge on any atom is -0.480 e. The second-order valence-corrected chi connectivity index (χ2v) is 5.06. The molecule has 1 aliphatic carbocycles. The van der Waals surface area contributed by atoms with E-state index in [2.05, 4.69) is 0 Å². The summed E-state index contributed by atoms with van der Waals surface area (Å²) in [6.07, 6.45) is 6.50. The molecule has 0 spiro atoms. The van der Waals surface area contributed by atoms with Gasteiger partial charge in [-0.15, -0.1) is 0 Å². The number of carboxylic acid groups (broad SMARTS) is 1. The predicted octanol–water partition coefficient (Wildman–Crippen LogP) is 2.26. The Morgan fingerprint density at radius 3 is 2.63 bits per heavy atom. The molecule has 1 saturated carbocycles. The van der Waals surface area contributed by atoms with Crippen molar-refractivity contribution >= 4 is 11.9 Å². The smallest absolute Gasteiger partial charge is 0.323 e. The largest absolute Gasteiger partial charge is 0.480 e. The Hall–Kier alpha value is -1.78. The monoisotopic (exact) mass is 266 g/mol. The second-order valence-electron chi connectivity index (χ2n) is 5.06. The lowest BCUT2D eigenvalue weighted by Crippen LogP contribution is -2.47. The van der Waals surface area contributed by atoms with E-state index >= 15 is 0 Å². The first-order valence-corrected chi connectivity index (χ1v) is 6.44. The Labute approximate surface area is 111 Å². The molecule has 1 heterocycles. The number of hydrogen-bond acceptors (Lipinski definition) is 4. The molecule has 0 bridgehead atoms. The van der Waals surface area contributed by atoms with Crippen LogP contribution in [0.1, 0.15) is 31.2 Å². The number of methoxy groups -OCH3 is 1. The van der Waals surface area contributed by atoms with E-state index < -0.39 is 17.4 Å². The summed E-state index contributed by atoms with van der Waals surface area (Å²) in [5, 5.41) is 9.65. The number of carbonyl (C=O) groups is 2. The molecule has 1 unspecified atom stereocenters. The third-order valence-electron chi connectivity index (χ3n) is 4.05. The Bertz CT molecular complexity index is 444. The molecule has 5 heteroatoms. The summed E-state index contributed by atoms with van der Waals surface area (Å²) in [6.45, 7) is 0. The van der Waals surface area contributed by atoms with Crippen molar-refractivity contribution in [2.24, 2.45) is 11.3 Å². The van der Waals surface area contributed by atoms with Crippen LogP contribution in [0, 0.1) is 11.3 Å². The van der Waals surface area contributed by atoms with Crippen molar-refractivity contribution in [2.75, 3.05) is 7.11 Å². The topological polar surface area (TPSA) is 76.7 Å². The second kappa shape index (κ2) is 5.47. The summed E-state index contributed by atoms with van der Waals surface area (Å²) in [6, 6.07) is 1.69. The first-order chi connectivity index (χ1) is 9.11. The number of esters is 1. The van der Waals surface area contributed by atoms with Gasteiger partial charge in [0.2, 0.25) is 0 Å². The zero-order chi connectivity index (χ0) is 13.9. The fourth-order valence-corrected chi connectivity index (χ4v) is 3.04. The zero-order valence-electron chi connectivity index (χ0n) is 10.9. The quantitative estimate of drug-likeness (QED) is 0.653. The van der Waals surface area contributed by atoms with Gasteiger partial charge in [0.05, 0.1) is 19.6 Å². The van der Waals surface area contributed by atoms with Gasteiger partial charge in [-0.1, -0.05) is 12.8 Å². The van der Waals surface area contributed by atoms with E-state index in [1.807, 2.05) is 0 Å². The van der Waals surface area contributed by atoms with Gasteiger partial charge in [0.1, 0.15) is 0 Å². The molecule has 0 aliphatic heterocycles. The third kappa shape index (κ3) is 2.37. The minimum absolute atomic E-state index is 0.121. The molecule has 0 amide bonds. The van der Waals surface area contributed by atoms with Crippen molar-refractivity contribution in [1.29, 1.82) is 0 Å². The molecule has 1 N–H and O–H groups in total. The molecular weight excluding hydrogens is 248 g/mol. The van der Waals surface area contributed by atoms with Crippen molar-refractivity contribution in [2.45, 2.75) is 32.1 Å². The highest BCUT2D eigenvalue weighted by Gasteiger charge is 2.54. The highest BCUT2D eigenvalue weighted by Crippen LogP contribution is 2.43. The molecule has 1 atom stereocenters. The van der Waals surface area contributed by atoms with Crippen LogP contribution in [0.3, 0.4) is 0 Å². The molecule has 1 aliphatic rings. The molecule has 5 nitrogen and oxygen atoms in total. The first-order valence-electron chi connectivity index (χ1n) is 6.44. The van der Waals surface area contributed by atoms with Crippen LogP contribution in [0.5, 0.6) is 0 Å². The molecular formula is C14H18O5. The van der Waals surface area contributed by atoms with Crippen LogP contribution >= 0.6 is 0 Å². The average Bonchev–Trinajstić information content (AvgIpc) is 3.07. The minimum atomic E-state index is -1.49. The highest BCUT2D eigenvalue weighted by atomic mass is 16.5. The van der Waals surface area contributed by atoms with E-state index in [4.69, 9.17) is 9.15 Å². The van der Waals surface area contributed by atoms with Crippen molar-refractivity contribution in [3.63, 3.8) is 0 Å². The van der Waals surface area contributed by atoms with Gasteiger partial charge in [0, 0.05) is 6.42 Å². The van der Waals surface area contributed by atoms with Gasteiger partial charge < -0.3 is 14.3 Å². The van der Waals surface area contributed by atoms with E-state index in [1.54, 1.807) is 6.07 Å². The van der Waals surface area contributed by atoms with Crippen LogP contribution in [0.25, 0.3) is 0 Å². The highest BCUT2D eigenvalue weighted by molar-refractivity contribution is 5.99. The van der Waals surface area contributed by atoms with Gasteiger partial charge in [-0.2, -0.15) is 0 Å². The van der Waals surface area contributed by atoms with Crippen molar-refractivity contribution < 1.29 is 23.8 Å². The van der Waals surface area contributed by atoms with Gasteiger partial charge in [0.15, 0.2) is 5.41 Å². The number of carboxylic acids is 1. The number of carbonyl (C=O) groups excluding carboxylic acids is 1. The maximum Gasteiger partial charge on any atom is 0.323 e. The SMILES string of the molecule is COC(=O)C(Cc1ccoc1)(C(=O)O)C1CCCC1. The standard InChI is InChI=1S/C14H18O5/c1-18-13(17)14(12(15)16,11-4-2-3-5-11)8-10-6-7-19-9-10/h6-7,9,11H,2-5,8H2,1H3,(H,15,16). The molecule has 0 radical (unpaired) electrons. The number of aliphatic carboxylic acids is 1. The maximum atomic E-state index is 12.2. The third-order valence-corrected chi connectivity index (χ3v) is 4.05. The fraction of sp³-hybridized carbons (Fsp3) is 0.571. The van der Waals surface area contributed by atoms with Crippen LogP contribution in [0.4, 0.5) is 0 Å². The van der Waals surface area contributed by atoms with E-state index in [1.165, 1.54) is 19.6 Å². The molecule has 1 aromatic heterocycles. The van der Waals surface area contributed by atoms with Crippen molar-refractivity contribution in [1.82, 2.24) is 0 Å². The van der Waals surface area contributed by atoms with Crippen LogP contribution in [-0.4, -0.2) is 24.2 Å². The Morgan fingerprint density at radius 1 is 1.47 bits per heavy atom. The lowest BCUT2D eigenvalue weighted by Gasteiger charge is -2.32. The Morgan fingerprint density at radius 2 is 2.16 bits per heavy atom. The summed E-state index contributed by atoms with van der Waals surface area (Å²) < 4.78 is 9.76. The number of ether oxygens (including phenoxy) is 1. The first kappa shape index (κ1) is 13.6. The Kier molecular flexibility index (Phi) is 3.93. The summed E-state index contributed by atoms with van der Waals surface area (Å²) in [5.41, 5.74) is -0.783. The molecule has 1 fully saturated rings. The summed E-state index contributed by atoms with van der Waals surface area (Å²) in [5.74, 6) is -1.94. The van der Waals surface area contributed by atoms with Gasteiger partial charge in [-0.3, -0.25) is 9.59 Å². The van der Waals surface area contributed by atoms with Gasteiger partial charge in [0.25, 0.3) is 0 Å². The normalized spacial score (nSPS) is 19.0. The van der Waals surface area contributed by atoms with E-state index in [0.717, 1.165) is 25.7 Å². The van der Waals surface area contributed by atoms with Gasteiger partial charge in [-0.25, -0.2) is 0 Å². The summed E-state index contributed by atoms with van der Waals surface area (Å²) >= 11 is 0. The number of rotatable bonds is 5. The summed E-state index contributed by atoms with van der Waals surface area (Å²) in [4.78, 5) is 24.0. The Balaban J connectivity index is 2.38. The molecule has 104 valence electrons. The predicted molar refractivity (Wildman–Crippen MR) is 66.5 cm³/mol. The maximum absolute atomic E-state index is 12.2. The van der Waals surface area contributed by atoms with Crippen molar-refractivity contribution in [3.05, 3.63) is 24.2 Å². The molecule has 0 saturated heterocycles. The molecule has 19 heavy (non-hydrogen) atoms.